The highest BCUT2D eigenvalue weighted by Gasteiger charge is 2.24. The summed E-state index contributed by atoms with van der Waals surface area (Å²) in [5.74, 6) is 0.904. The number of halogens is 1. The molecule has 1 fully saturated rings. The zero-order valence-corrected chi connectivity index (χ0v) is 12.0. The van der Waals surface area contributed by atoms with Crippen LogP contribution in [0.15, 0.2) is 4.47 Å². The van der Waals surface area contributed by atoms with Gasteiger partial charge in [0.2, 0.25) is 0 Å². The second-order valence-corrected chi connectivity index (χ2v) is 5.82. The van der Waals surface area contributed by atoms with Crippen LogP contribution in [0.3, 0.4) is 0 Å². The first-order valence-corrected chi connectivity index (χ1v) is 7.14. The highest BCUT2D eigenvalue weighted by Crippen LogP contribution is 2.36. The summed E-state index contributed by atoms with van der Waals surface area (Å²) in [5.41, 5.74) is 2.41. The molecule has 2 unspecified atom stereocenters. The number of rotatable bonds is 2. The van der Waals surface area contributed by atoms with Gasteiger partial charge in [-0.25, -0.2) is 0 Å². The lowest BCUT2D eigenvalue weighted by Gasteiger charge is -2.29. The number of hydrogen-bond acceptors (Lipinski definition) is 1. The fourth-order valence-corrected chi connectivity index (χ4v) is 3.11. The summed E-state index contributed by atoms with van der Waals surface area (Å²) in [6.07, 6.45) is 6.69. The van der Waals surface area contributed by atoms with Crippen LogP contribution in [0.1, 0.15) is 56.5 Å². The van der Waals surface area contributed by atoms with Gasteiger partial charge in [-0.15, -0.1) is 0 Å². The second-order valence-electron chi connectivity index (χ2n) is 5.02. The van der Waals surface area contributed by atoms with Crippen molar-refractivity contribution in [3.8, 4) is 0 Å². The van der Waals surface area contributed by atoms with Crippen molar-refractivity contribution in [1.82, 2.24) is 9.78 Å². The molecule has 2 rings (SSSR count). The first-order valence-electron chi connectivity index (χ1n) is 6.34. The maximum atomic E-state index is 4.67. The summed E-state index contributed by atoms with van der Waals surface area (Å²) in [7, 11) is 0. The van der Waals surface area contributed by atoms with Crippen LogP contribution in [0.25, 0.3) is 0 Å². The number of hydrogen-bond donors (Lipinski definition) is 0. The van der Waals surface area contributed by atoms with Crippen molar-refractivity contribution in [3.05, 3.63) is 15.9 Å². The Bertz CT molecular complexity index is 370. The minimum absolute atomic E-state index is 0.628. The first kappa shape index (κ1) is 12.2. The maximum absolute atomic E-state index is 4.67. The van der Waals surface area contributed by atoms with Gasteiger partial charge in [0, 0.05) is 0 Å². The van der Waals surface area contributed by atoms with Gasteiger partial charge in [0.25, 0.3) is 0 Å². The zero-order valence-electron chi connectivity index (χ0n) is 10.5. The fourth-order valence-electron chi connectivity index (χ4n) is 2.85. The molecule has 0 N–H and O–H groups in total. The molecule has 0 spiro atoms. The molecule has 0 amide bonds. The second kappa shape index (κ2) is 4.91. The first-order chi connectivity index (χ1) is 7.63. The number of aromatic nitrogens is 2. The van der Waals surface area contributed by atoms with Gasteiger partial charge in [0.15, 0.2) is 0 Å². The van der Waals surface area contributed by atoms with E-state index in [-0.39, 0.29) is 0 Å². The third-order valence-electron chi connectivity index (χ3n) is 3.92. The summed E-state index contributed by atoms with van der Waals surface area (Å²) in [5, 5.41) is 4.67. The summed E-state index contributed by atoms with van der Waals surface area (Å²) in [6, 6.07) is 0.628. The normalized spacial score (nSPS) is 26.0. The van der Waals surface area contributed by atoms with E-state index in [0.717, 1.165) is 11.6 Å². The standard InChI is InChI=1S/C13H21BrN2/c1-4-11-6-5-7-12(8-11)16-10(3)13(14)9(2)15-16/h11-12H,4-8H2,1-3H3. The van der Waals surface area contributed by atoms with E-state index < -0.39 is 0 Å². The average Bonchev–Trinajstić information content (AvgIpc) is 2.57. The molecule has 0 aliphatic heterocycles. The minimum atomic E-state index is 0.628. The molecular weight excluding hydrogens is 264 g/mol. The molecule has 1 aromatic heterocycles. The van der Waals surface area contributed by atoms with Gasteiger partial charge >= 0.3 is 0 Å². The lowest BCUT2D eigenvalue weighted by molar-refractivity contribution is 0.244. The van der Waals surface area contributed by atoms with Crippen molar-refractivity contribution in [2.75, 3.05) is 0 Å². The van der Waals surface area contributed by atoms with Crippen LogP contribution in [-0.2, 0) is 0 Å². The Labute approximate surface area is 107 Å². The van der Waals surface area contributed by atoms with Crippen molar-refractivity contribution in [2.24, 2.45) is 5.92 Å². The van der Waals surface area contributed by atoms with Gasteiger partial charge in [0.05, 0.1) is 21.9 Å². The van der Waals surface area contributed by atoms with Crippen LogP contribution in [0.5, 0.6) is 0 Å². The maximum Gasteiger partial charge on any atom is 0.0738 e. The highest BCUT2D eigenvalue weighted by atomic mass is 79.9. The van der Waals surface area contributed by atoms with Crippen LogP contribution in [-0.4, -0.2) is 9.78 Å². The van der Waals surface area contributed by atoms with Gasteiger partial charge in [-0.3, -0.25) is 4.68 Å². The molecule has 0 saturated heterocycles. The quantitative estimate of drug-likeness (QED) is 0.787. The fraction of sp³-hybridized carbons (Fsp3) is 0.769. The third-order valence-corrected chi connectivity index (χ3v) is 5.06. The Hall–Kier alpha value is -0.310. The van der Waals surface area contributed by atoms with Crippen LogP contribution in [0, 0.1) is 19.8 Å². The zero-order chi connectivity index (χ0) is 11.7. The Kier molecular flexibility index (Phi) is 3.73. The average molecular weight is 285 g/mol. The summed E-state index contributed by atoms with van der Waals surface area (Å²) >= 11 is 3.62. The van der Waals surface area contributed by atoms with E-state index in [1.807, 2.05) is 0 Å². The van der Waals surface area contributed by atoms with Crippen LogP contribution < -0.4 is 0 Å². The van der Waals surface area contributed by atoms with Gasteiger partial charge in [0.1, 0.15) is 0 Å². The van der Waals surface area contributed by atoms with Crippen molar-refractivity contribution >= 4 is 15.9 Å². The molecule has 90 valence electrons. The van der Waals surface area contributed by atoms with Gasteiger partial charge in [-0.2, -0.15) is 5.10 Å². The molecule has 1 aliphatic carbocycles. The largest absolute Gasteiger partial charge is 0.265 e. The predicted octanol–water partition coefficient (Wildman–Crippen LogP) is 4.40. The van der Waals surface area contributed by atoms with Crippen molar-refractivity contribution in [1.29, 1.82) is 0 Å². The summed E-state index contributed by atoms with van der Waals surface area (Å²) in [4.78, 5) is 0. The Morgan fingerprint density at radius 2 is 2.12 bits per heavy atom. The van der Waals surface area contributed by atoms with E-state index in [1.54, 1.807) is 0 Å². The summed E-state index contributed by atoms with van der Waals surface area (Å²) < 4.78 is 3.44. The van der Waals surface area contributed by atoms with E-state index in [4.69, 9.17) is 0 Å². The molecule has 0 bridgehead atoms. The summed E-state index contributed by atoms with van der Waals surface area (Å²) in [6.45, 7) is 6.55. The van der Waals surface area contributed by atoms with Gasteiger partial charge in [-0.05, 0) is 48.5 Å². The topological polar surface area (TPSA) is 17.8 Å². The lowest BCUT2D eigenvalue weighted by atomic mass is 9.84. The SMILES string of the molecule is CCC1CCCC(n2nc(C)c(Br)c2C)C1. The van der Waals surface area contributed by atoms with Crippen LogP contribution >= 0.6 is 15.9 Å². The molecule has 1 heterocycles. The van der Waals surface area contributed by atoms with E-state index in [1.165, 1.54) is 42.3 Å². The molecule has 0 radical (unpaired) electrons. The molecule has 1 aromatic rings. The molecule has 3 heteroatoms. The predicted molar refractivity (Wildman–Crippen MR) is 70.7 cm³/mol. The Balaban J connectivity index is 2.20. The van der Waals surface area contributed by atoms with Gasteiger partial charge < -0.3 is 0 Å². The van der Waals surface area contributed by atoms with Crippen molar-refractivity contribution in [3.63, 3.8) is 0 Å². The third kappa shape index (κ3) is 2.20. The molecule has 2 atom stereocenters. The number of aryl methyl sites for hydroxylation is 1. The molecule has 16 heavy (non-hydrogen) atoms. The Morgan fingerprint density at radius 1 is 1.38 bits per heavy atom. The smallest absolute Gasteiger partial charge is 0.0738 e. The van der Waals surface area contributed by atoms with Crippen molar-refractivity contribution < 1.29 is 0 Å². The molecule has 1 aliphatic rings. The van der Waals surface area contributed by atoms with E-state index in [2.05, 4.69) is 46.5 Å². The Morgan fingerprint density at radius 3 is 2.69 bits per heavy atom. The minimum Gasteiger partial charge on any atom is -0.265 e. The molecule has 1 saturated carbocycles. The van der Waals surface area contributed by atoms with E-state index in [9.17, 15) is 0 Å². The van der Waals surface area contributed by atoms with Gasteiger partial charge in [-0.1, -0.05) is 26.2 Å². The monoisotopic (exact) mass is 284 g/mol. The van der Waals surface area contributed by atoms with Crippen LogP contribution in [0.4, 0.5) is 0 Å². The van der Waals surface area contributed by atoms with E-state index in [0.29, 0.717) is 6.04 Å². The molecular formula is C13H21BrN2. The van der Waals surface area contributed by atoms with Crippen LogP contribution in [0.2, 0.25) is 0 Å². The number of nitrogens with zero attached hydrogens (tertiary/aromatic N) is 2. The van der Waals surface area contributed by atoms with Crippen molar-refractivity contribution in [2.45, 2.75) is 58.9 Å². The lowest BCUT2D eigenvalue weighted by Crippen LogP contribution is -2.20. The molecule has 2 nitrogen and oxygen atoms in total. The molecule has 0 aromatic carbocycles. The highest BCUT2D eigenvalue weighted by molar-refractivity contribution is 9.10. The van der Waals surface area contributed by atoms with E-state index >= 15 is 0 Å².